The van der Waals surface area contributed by atoms with E-state index in [-0.39, 0.29) is 0 Å². The summed E-state index contributed by atoms with van der Waals surface area (Å²) in [6, 6.07) is 9.84. The van der Waals surface area contributed by atoms with E-state index in [1.807, 2.05) is 47.4 Å². The van der Waals surface area contributed by atoms with E-state index < -0.39 is 0 Å². The quantitative estimate of drug-likeness (QED) is 0.798. The van der Waals surface area contributed by atoms with E-state index in [4.69, 9.17) is 17.0 Å². The molecule has 20 heavy (non-hydrogen) atoms. The Bertz CT molecular complexity index is 623. The average Bonchev–Trinajstić information content (AvgIpc) is 2.85. The van der Waals surface area contributed by atoms with Gasteiger partial charge in [-0.1, -0.05) is 40.6 Å². The van der Waals surface area contributed by atoms with E-state index in [9.17, 15) is 0 Å². The minimum absolute atomic E-state index is 0.562. The molecule has 0 amide bonds. The van der Waals surface area contributed by atoms with Gasteiger partial charge in [0.25, 0.3) is 0 Å². The Labute approximate surface area is 130 Å². The number of hydrogen-bond donors (Lipinski definition) is 1. The molecule has 102 valence electrons. The minimum atomic E-state index is 0.562. The van der Waals surface area contributed by atoms with E-state index in [0.717, 1.165) is 23.0 Å². The highest BCUT2D eigenvalue weighted by atomic mass is 35.5. The molecular weight excluding hydrogens is 310 g/mol. The van der Waals surface area contributed by atoms with Crippen molar-refractivity contribution in [3.05, 3.63) is 53.2 Å². The summed E-state index contributed by atoms with van der Waals surface area (Å²) in [7, 11) is 3.15. The van der Waals surface area contributed by atoms with Crippen LogP contribution in [0.1, 0.15) is 6.42 Å². The predicted molar refractivity (Wildman–Crippen MR) is 89.8 cm³/mol. The van der Waals surface area contributed by atoms with E-state index in [1.165, 1.54) is 10.8 Å². The van der Waals surface area contributed by atoms with Gasteiger partial charge in [0.05, 0.1) is 11.6 Å². The Morgan fingerprint density at radius 2 is 2.00 bits per heavy atom. The molecule has 0 unspecified atom stereocenters. The van der Waals surface area contributed by atoms with Crippen molar-refractivity contribution in [1.29, 1.82) is 5.41 Å². The van der Waals surface area contributed by atoms with Crippen LogP contribution in [0.25, 0.3) is 0 Å². The molecule has 1 aliphatic carbocycles. The Morgan fingerprint density at radius 1 is 1.20 bits per heavy atom. The summed E-state index contributed by atoms with van der Waals surface area (Å²) >= 11 is 6.19. The summed E-state index contributed by atoms with van der Waals surface area (Å²) in [5.74, 6) is 0.790. The summed E-state index contributed by atoms with van der Waals surface area (Å²) in [6.07, 6.45) is 4.51. The first kappa shape index (κ1) is 13.8. The molecule has 1 fully saturated rings. The van der Waals surface area contributed by atoms with E-state index in [2.05, 4.69) is 4.99 Å². The minimum Gasteiger partial charge on any atom is -0.313 e. The van der Waals surface area contributed by atoms with Crippen molar-refractivity contribution in [2.24, 2.45) is 4.99 Å². The average molecular weight is 322 g/mol. The second-order valence-electron chi connectivity index (χ2n) is 4.34. The summed E-state index contributed by atoms with van der Waals surface area (Å²) in [6.45, 7) is 0. The topological polar surface area (TPSA) is 39.5 Å². The standard InChI is InChI=1S/C14H12ClN3S2/c15-10-6-12(17-11-4-2-1-3-5-11)8-13(7-10)18-9-19-20-14(18)16/h1-7,16H,8-9H2. The summed E-state index contributed by atoms with van der Waals surface area (Å²) < 4.78 is 0. The molecule has 2 aliphatic rings. The van der Waals surface area contributed by atoms with Gasteiger partial charge in [-0.2, -0.15) is 0 Å². The second-order valence-corrected chi connectivity index (χ2v) is 7.03. The van der Waals surface area contributed by atoms with Gasteiger partial charge in [0.1, 0.15) is 0 Å². The smallest absolute Gasteiger partial charge is 0.172 e. The van der Waals surface area contributed by atoms with Gasteiger partial charge in [0.2, 0.25) is 0 Å². The molecule has 1 aliphatic heterocycles. The number of allylic oxidation sites excluding steroid dienone is 4. The van der Waals surface area contributed by atoms with Crippen molar-refractivity contribution in [1.82, 2.24) is 4.90 Å². The lowest BCUT2D eigenvalue weighted by atomic mass is 10.1. The van der Waals surface area contributed by atoms with Crippen LogP contribution in [0.3, 0.4) is 0 Å². The van der Waals surface area contributed by atoms with Crippen LogP contribution in [0.2, 0.25) is 0 Å². The van der Waals surface area contributed by atoms with Crippen molar-refractivity contribution < 1.29 is 0 Å². The zero-order valence-electron chi connectivity index (χ0n) is 10.5. The number of amidine groups is 1. The highest BCUT2D eigenvalue weighted by Crippen LogP contribution is 2.37. The van der Waals surface area contributed by atoms with Crippen LogP contribution in [0.15, 0.2) is 58.2 Å². The molecule has 3 nitrogen and oxygen atoms in total. The molecule has 3 rings (SSSR count). The Balaban J connectivity index is 1.85. The maximum atomic E-state index is 7.92. The van der Waals surface area contributed by atoms with E-state index >= 15 is 0 Å². The van der Waals surface area contributed by atoms with Gasteiger partial charge in [-0.05, 0) is 35.1 Å². The van der Waals surface area contributed by atoms with Crippen LogP contribution in [0, 0.1) is 5.41 Å². The zero-order valence-corrected chi connectivity index (χ0v) is 12.9. The number of rotatable bonds is 2. The molecule has 0 radical (unpaired) electrons. The van der Waals surface area contributed by atoms with Gasteiger partial charge < -0.3 is 4.90 Å². The lowest BCUT2D eigenvalue weighted by Crippen LogP contribution is -2.25. The molecule has 1 N–H and O–H groups in total. The summed E-state index contributed by atoms with van der Waals surface area (Å²) in [5, 5.41) is 9.14. The van der Waals surface area contributed by atoms with Crippen molar-refractivity contribution in [3.63, 3.8) is 0 Å². The second kappa shape index (κ2) is 6.08. The van der Waals surface area contributed by atoms with E-state index in [0.29, 0.717) is 16.6 Å². The molecule has 0 aromatic heterocycles. The van der Waals surface area contributed by atoms with Crippen molar-refractivity contribution >= 4 is 49.8 Å². The number of hydrogen-bond acceptors (Lipinski definition) is 4. The first-order chi connectivity index (χ1) is 9.72. The van der Waals surface area contributed by atoms with Crippen LogP contribution in [-0.4, -0.2) is 21.7 Å². The molecule has 1 aromatic carbocycles. The highest BCUT2D eigenvalue weighted by Gasteiger charge is 2.24. The normalized spacial score (nSPS) is 21.1. The SMILES string of the molecule is N=C1SSCN1C1=CC(Cl)=CC(=Nc2ccccc2)C1. The molecule has 6 heteroatoms. The third-order valence-corrected chi connectivity index (χ3v) is 5.13. The third kappa shape index (κ3) is 3.11. The number of aliphatic imine (C=N–C) groups is 1. The van der Waals surface area contributed by atoms with Crippen LogP contribution in [0.5, 0.6) is 0 Å². The number of nitrogens with one attached hydrogen (secondary N) is 1. The maximum Gasteiger partial charge on any atom is 0.172 e. The molecule has 1 aromatic rings. The third-order valence-electron chi connectivity index (χ3n) is 2.91. The highest BCUT2D eigenvalue weighted by molar-refractivity contribution is 8.82. The fourth-order valence-electron chi connectivity index (χ4n) is 2.01. The van der Waals surface area contributed by atoms with Crippen LogP contribution >= 0.6 is 33.2 Å². The Morgan fingerprint density at radius 3 is 2.70 bits per heavy atom. The molecule has 0 spiro atoms. The fourth-order valence-corrected chi connectivity index (χ4v) is 4.26. The lowest BCUT2D eigenvalue weighted by Gasteiger charge is -2.22. The maximum absolute atomic E-state index is 7.92. The van der Waals surface area contributed by atoms with Crippen molar-refractivity contribution in [2.75, 3.05) is 5.88 Å². The van der Waals surface area contributed by atoms with Gasteiger partial charge in [-0.3, -0.25) is 10.4 Å². The zero-order chi connectivity index (χ0) is 13.9. The first-order valence-electron chi connectivity index (χ1n) is 6.08. The fraction of sp³-hybridized carbons (Fsp3) is 0.143. The monoisotopic (exact) mass is 321 g/mol. The molecular formula is C14H12ClN3S2. The summed E-state index contributed by atoms with van der Waals surface area (Å²) in [5.41, 5.74) is 2.88. The predicted octanol–water partition coefficient (Wildman–Crippen LogP) is 4.76. The van der Waals surface area contributed by atoms with Gasteiger partial charge in [-0.15, -0.1) is 0 Å². The van der Waals surface area contributed by atoms with Crippen LogP contribution < -0.4 is 0 Å². The van der Waals surface area contributed by atoms with E-state index in [1.54, 1.807) is 10.8 Å². The summed E-state index contributed by atoms with van der Waals surface area (Å²) in [4.78, 5) is 6.60. The van der Waals surface area contributed by atoms with Gasteiger partial charge >= 0.3 is 0 Å². The Kier molecular flexibility index (Phi) is 4.19. The van der Waals surface area contributed by atoms with Gasteiger partial charge in [0.15, 0.2) is 5.17 Å². The van der Waals surface area contributed by atoms with Crippen molar-refractivity contribution in [3.8, 4) is 0 Å². The number of nitrogens with zero attached hydrogens (tertiary/aromatic N) is 2. The van der Waals surface area contributed by atoms with Crippen LogP contribution in [0.4, 0.5) is 5.69 Å². The van der Waals surface area contributed by atoms with Gasteiger partial charge in [-0.25, -0.2) is 0 Å². The molecule has 0 bridgehead atoms. The van der Waals surface area contributed by atoms with Crippen LogP contribution in [-0.2, 0) is 0 Å². The van der Waals surface area contributed by atoms with Crippen molar-refractivity contribution in [2.45, 2.75) is 6.42 Å². The van der Waals surface area contributed by atoms with Gasteiger partial charge in [0, 0.05) is 22.9 Å². The molecule has 0 atom stereocenters. The first-order valence-corrected chi connectivity index (χ1v) is 8.78. The molecule has 1 saturated heterocycles. The number of para-hydroxylation sites is 1. The Hall–Kier alpha value is -1.17. The largest absolute Gasteiger partial charge is 0.313 e. The molecule has 1 heterocycles. The lowest BCUT2D eigenvalue weighted by molar-refractivity contribution is 0.605. The number of halogens is 1. The molecule has 0 saturated carbocycles. The number of benzene rings is 1.